The number of nitrogens with one attached hydrogen (secondary N) is 1. The molecule has 1 saturated heterocycles. The van der Waals surface area contributed by atoms with Crippen molar-refractivity contribution in [3.8, 4) is 0 Å². The van der Waals surface area contributed by atoms with Gasteiger partial charge in [-0.05, 0) is 25.7 Å². The number of amides is 1. The molecule has 0 aromatic carbocycles. The Morgan fingerprint density at radius 1 is 1.07 bits per heavy atom. The zero-order valence-electron chi connectivity index (χ0n) is 8.11. The number of halogens is 2. The van der Waals surface area contributed by atoms with Crippen molar-refractivity contribution in [3.63, 3.8) is 0 Å². The molecule has 0 unspecified atom stereocenters. The van der Waals surface area contributed by atoms with E-state index in [0.29, 0.717) is 19.3 Å². The highest BCUT2D eigenvalue weighted by atomic mass is 19.3. The summed E-state index contributed by atoms with van der Waals surface area (Å²) in [7, 11) is 0. The van der Waals surface area contributed by atoms with Crippen LogP contribution in [0.2, 0.25) is 0 Å². The summed E-state index contributed by atoms with van der Waals surface area (Å²) in [6.45, 7) is 0. The molecule has 1 spiro atoms. The van der Waals surface area contributed by atoms with E-state index in [4.69, 9.17) is 0 Å². The predicted molar refractivity (Wildman–Crippen MR) is 48.1 cm³/mol. The van der Waals surface area contributed by atoms with Crippen LogP contribution in [0.15, 0.2) is 0 Å². The fourth-order valence-electron chi connectivity index (χ4n) is 2.48. The van der Waals surface area contributed by atoms with Crippen LogP contribution in [0.4, 0.5) is 8.78 Å². The average Bonchev–Trinajstić information content (AvgIpc) is 2.12. The molecule has 80 valence electrons. The van der Waals surface area contributed by atoms with Gasteiger partial charge in [0.2, 0.25) is 11.8 Å². The molecule has 1 N–H and O–H groups in total. The number of carbonyl (C=O) groups is 1. The van der Waals surface area contributed by atoms with Gasteiger partial charge in [0.15, 0.2) is 0 Å². The van der Waals surface area contributed by atoms with Crippen LogP contribution in [0, 0.1) is 0 Å². The lowest BCUT2D eigenvalue weighted by Gasteiger charge is -2.43. The first kappa shape index (κ1) is 9.87. The van der Waals surface area contributed by atoms with Crippen molar-refractivity contribution in [2.75, 3.05) is 0 Å². The largest absolute Gasteiger partial charge is 0.351 e. The molecule has 0 aromatic rings. The van der Waals surface area contributed by atoms with E-state index in [2.05, 4.69) is 5.32 Å². The van der Waals surface area contributed by atoms with Gasteiger partial charge in [0, 0.05) is 24.8 Å². The highest BCUT2D eigenvalue weighted by Gasteiger charge is 2.44. The lowest BCUT2D eigenvalue weighted by Crippen LogP contribution is -2.54. The summed E-state index contributed by atoms with van der Waals surface area (Å²) in [5.41, 5.74) is -0.295. The van der Waals surface area contributed by atoms with Crippen molar-refractivity contribution in [3.05, 3.63) is 0 Å². The van der Waals surface area contributed by atoms with Gasteiger partial charge in [0.1, 0.15) is 0 Å². The first-order chi connectivity index (χ1) is 6.52. The Hall–Kier alpha value is -0.670. The standard InChI is InChI=1S/C10H15F2NO/c11-10(12)6-4-9(5-7-10)3-1-2-8(14)13-9/h1-7H2,(H,13,14). The third-order valence-corrected chi connectivity index (χ3v) is 3.40. The molecule has 1 saturated carbocycles. The van der Waals surface area contributed by atoms with E-state index in [1.807, 2.05) is 0 Å². The molecule has 1 aliphatic heterocycles. The number of hydrogen-bond acceptors (Lipinski definition) is 1. The summed E-state index contributed by atoms with van der Waals surface area (Å²) in [5, 5.41) is 2.90. The summed E-state index contributed by atoms with van der Waals surface area (Å²) in [5.74, 6) is -2.48. The number of carbonyl (C=O) groups excluding carboxylic acids is 1. The minimum Gasteiger partial charge on any atom is -0.351 e. The first-order valence-electron chi connectivity index (χ1n) is 5.20. The quantitative estimate of drug-likeness (QED) is 0.642. The highest BCUT2D eigenvalue weighted by molar-refractivity contribution is 5.77. The summed E-state index contributed by atoms with van der Waals surface area (Å²) in [6.07, 6.45) is 2.99. The zero-order valence-corrected chi connectivity index (χ0v) is 8.11. The summed E-state index contributed by atoms with van der Waals surface area (Å²) < 4.78 is 25.9. The Balaban J connectivity index is 2.01. The SMILES string of the molecule is O=C1CCCC2(CCC(F)(F)CC2)N1. The van der Waals surface area contributed by atoms with Gasteiger partial charge in [0.05, 0.1) is 0 Å². The van der Waals surface area contributed by atoms with Gasteiger partial charge in [-0.3, -0.25) is 4.79 Å². The maximum absolute atomic E-state index is 12.9. The van der Waals surface area contributed by atoms with E-state index in [-0.39, 0.29) is 24.3 Å². The lowest BCUT2D eigenvalue weighted by atomic mass is 9.75. The molecule has 2 nitrogen and oxygen atoms in total. The van der Waals surface area contributed by atoms with Crippen molar-refractivity contribution < 1.29 is 13.6 Å². The zero-order chi connectivity index (χ0) is 10.2. The van der Waals surface area contributed by atoms with E-state index in [9.17, 15) is 13.6 Å². The fourth-order valence-corrected chi connectivity index (χ4v) is 2.48. The van der Waals surface area contributed by atoms with Crippen molar-refractivity contribution in [1.29, 1.82) is 0 Å². The molecule has 2 aliphatic rings. The molecule has 2 rings (SSSR count). The second-order valence-electron chi connectivity index (χ2n) is 4.54. The molecular weight excluding hydrogens is 188 g/mol. The van der Waals surface area contributed by atoms with Crippen LogP contribution in [0.3, 0.4) is 0 Å². The Morgan fingerprint density at radius 2 is 1.71 bits per heavy atom. The van der Waals surface area contributed by atoms with E-state index < -0.39 is 5.92 Å². The molecule has 0 bridgehead atoms. The molecule has 4 heteroatoms. The van der Waals surface area contributed by atoms with Gasteiger partial charge in [-0.1, -0.05) is 0 Å². The van der Waals surface area contributed by atoms with Gasteiger partial charge < -0.3 is 5.32 Å². The van der Waals surface area contributed by atoms with Crippen molar-refractivity contribution in [1.82, 2.24) is 5.32 Å². The predicted octanol–water partition coefficient (Wildman–Crippen LogP) is 2.23. The molecule has 0 aromatic heterocycles. The fraction of sp³-hybridized carbons (Fsp3) is 0.900. The summed E-state index contributed by atoms with van der Waals surface area (Å²) in [6, 6.07) is 0. The normalized spacial score (nSPS) is 30.0. The van der Waals surface area contributed by atoms with E-state index in [0.717, 1.165) is 12.8 Å². The van der Waals surface area contributed by atoms with Crippen molar-refractivity contribution in [2.45, 2.75) is 56.4 Å². The molecular formula is C10H15F2NO. The first-order valence-corrected chi connectivity index (χ1v) is 5.20. The second kappa shape index (κ2) is 3.17. The Bertz CT molecular complexity index is 243. The maximum Gasteiger partial charge on any atom is 0.248 e. The van der Waals surface area contributed by atoms with Crippen LogP contribution in [-0.4, -0.2) is 17.4 Å². The lowest BCUT2D eigenvalue weighted by molar-refractivity contribution is -0.128. The minimum absolute atomic E-state index is 0.0291. The topological polar surface area (TPSA) is 29.1 Å². The van der Waals surface area contributed by atoms with Crippen LogP contribution < -0.4 is 5.32 Å². The monoisotopic (exact) mass is 203 g/mol. The van der Waals surface area contributed by atoms with Gasteiger partial charge in [0.25, 0.3) is 0 Å². The van der Waals surface area contributed by atoms with E-state index in [1.165, 1.54) is 0 Å². The number of rotatable bonds is 0. The van der Waals surface area contributed by atoms with Crippen LogP contribution in [0.25, 0.3) is 0 Å². The van der Waals surface area contributed by atoms with Crippen molar-refractivity contribution in [2.24, 2.45) is 0 Å². The van der Waals surface area contributed by atoms with Gasteiger partial charge in [-0.15, -0.1) is 0 Å². The van der Waals surface area contributed by atoms with Gasteiger partial charge in [-0.25, -0.2) is 8.78 Å². The maximum atomic E-state index is 12.9. The van der Waals surface area contributed by atoms with E-state index in [1.54, 1.807) is 0 Å². The third kappa shape index (κ3) is 1.88. The van der Waals surface area contributed by atoms with Crippen LogP contribution in [-0.2, 0) is 4.79 Å². The molecule has 1 aliphatic carbocycles. The molecule has 2 fully saturated rings. The average molecular weight is 203 g/mol. The number of alkyl halides is 2. The second-order valence-corrected chi connectivity index (χ2v) is 4.54. The number of piperidine rings is 1. The summed E-state index contributed by atoms with van der Waals surface area (Å²) >= 11 is 0. The Morgan fingerprint density at radius 3 is 2.29 bits per heavy atom. The van der Waals surface area contributed by atoms with Crippen LogP contribution in [0.1, 0.15) is 44.9 Å². The van der Waals surface area contributed by atoms with Crippen molar-refractivity contribution >= 4 is 5.91 Å². The summed E-state index contributed by atoms with van der Waals surface area (Å²) in [4.78, 5) is 11.2. The minimum atomic E-state index is -2.51. The van der Waals surface area contributed by atoms with E-state index >= 15 is 0 Å². The number of hydrogen-bond donors (Lipinski definition) is 1. The Kier molecular flexibility index (Phi) is 2.24. The molecule has 14 heavy (non-hydrogen) atoms. The molecule has 0 radical (unpaired) electrons. The highest BCUT2D eigenvalue weighted by Crippen LogP contribution is 2.41. The smallest absolute Gasteiger partial charge is 0.248 e. The molecule has 1 amide bonds. The van der Waals surface area contributed by atoms with Gasteiger partial charge in [-0.2, -0.15) is 0 Å². The van der Waals surface area contributed by atoms with Crippen LogP contribution >= 0.6 is 0 Å². The third-order valence-electron chi connectivity index (χ3n) is 3.40. The van der Waals surface area contributed by atoms with Crippen LogP contribution in [0.5, 0.6) is 0 Å². The Labute approximate surface area is 82.1 Å². The molecule has 0 atom stereocenters. The van der Waals surface area contributed by atoms with Gasteiger partial charge >= 0.3 is 0 Å². The molecule has 1 heterocycles.